The normalized spacial score (nSPS) is 32.1. The number of amides is 1. The van der Waals surface area contributed by atoms with Crippen molar-refractivity contribution in [1.82, 2.24) is 15.2 Å². The molecule has 2 atom stereocenters. The number of hydrogen-bond donors (Lipinski definition) is 1. The van der Waals surface area contributed by atoms with Gasteiger partial charge >= 0.3 is 6.18 Å². The highest BCUT2D eigenvalue weighted by Crippen LogP contribution is 2.75. The number of anilines is 1. The fourth-order valence-corrected chi connectivity index (χ4v) is 6.97. The van der Waals surface area contributed by atoms with E-state index >= 15 is 0 Å². The number of carbonyl (C=O) groups is 1. The first-order valence-electron chi connectivity index (χ1n) is 13.0. The number of hydrogen-bond acceptors (Lipinski definition) is 6. The molecule has 10 heteroatoms. The predicted octanol–water partition coefficient (Wildman–Crippen LogP) is 3.62. The van der Waals surface area contributed by atoms with Gasteiger partial charge in [0, 0.05) is 55.5 Å². The van der Waals surface area contributed by atoms with Crippen LogP contribution in [0.4, 0.5) is 18.9 Å². The molecule has 1 aromatic carbocycles. The molecule has 2 aromatic rings. The van der Waals surface area contributed by atoms with Gasteiger partial charge in [0.2, 0.25) is 5.91 Å². The molecule has 4 fully saturated rings. The Balaban J connectivity index is 1.20. The van der Waals surface area contributed by atoms with E-state index in [2.05, 4.69) is 21.3 Å². The Morgan fingerprint density at radius 3 is 2.59 bits per heavy atom. The maximum atomic E-state index is 14.5. The number of rotatable bonds is 4. The van der Waals surface area contributed by atoms with E-state index in [9.17, 15) is 23.2 Å². The van der Waals surface area contributed by atoms with Gasteiger partial charge in [0.25, 0.3) is 0 Å². The van der Waals surface area contributed by atoms with Crippen molar-refractivity contribution in [3.05, 3.63) is 36.0 Å². The number of piperidine rings is 1. The van der Waals surface area contributed by atoms with Crippen molar-refractivity contribution in [1.29, 1.82) is 5.26 Å². The van der Waals surface area contributed by atoms with Crippen LogP contribution in [0.15, 0.2) is 30.5 Å². The molecule has 1 aromatic heterocycles. The summed E-state index contributed by atoms with van der Waals surface area (Å²) >= 11 is 0. The van der Waals surface area contributed by atoms with E-state index in [-0.39, 0.29) is 25.6 Å². The fraction of sp³-hybridized carbons (Fsp3) is 0.593. The maximum absolute atomic E-state index is 14.5. The molecular weight excluding hydrogens is 483 g/mol. The molecule has 0 spiro atoms. The Kier molecular flexibility index (Phi) is 5.84. The third-order valence-corrected chi connectivity index (χ3v) is 9.10. The van der Waals surface area contributed by atoms with Crippen LogP contribution in [0.1, 0.15) is 37.7 Å². The minimum atomic E-state index is -4.49. The first-order valence-corrected chi connectivity index (χ1v) is 13.0. The van der Waals surface area contributed by atoms with E-state index in [1.165, 1.54) is 0 Å². The molecule has 0 unspecified atom stereocenters. The van der Waals surface area contributed by atoms with Gasteiger partial charge in [-0.3, -0.25) is 14.7 Å². The lowest BCUT2D eigenvalue weighted by Gasteiger charge is -2.39. The highest BCUT2D eigenvalue weighted by atomic mass is 19.4. The van der Waals surface area contributed by atoms with E-state index in [0.717, 1.165) is 52.0 Å². The second-order valence-electron chi connectivity index (χ2n) is 11.0. The zero-order valence-electron chi connectivity index (χ0n) is 20.6. The molecule has 2 saturated carbocycles. The largest absolute Gasteiger partial charge is 0.397 e. The van der Waals surface area contributed by atoms with Gasteiger partial charge in [-0.1, -0.05) is 0 Å². The average Bonchev–Trinajstić information content (AvgIpc) is 3.46. The van der Waals surface area contributed by atoms with Crippen molar-refractivity contribution in [2.24, 2.45) is 10.8 Å². The summed E-state index contributed by atoms with van der Waals surface area (Å²) in [5.41, 5.74) is -2.14. The van der Waals surface area contributed by atoms with Crippen molar-refractivity contribution in [2.45, 2.75) is 50.4 Å². The number of fused-ring (bicyclic) bond motifs is 2. The zero-order chi connectivity index (χ0) is 25.8. The third kappa shape index (κ3) is 3.86. The number of nitriles is 1. The van der Waals surface area contributed by atoms with Gasteiger partial charge in [-0.05, 0) is 56.4 Å². The maximum Gasteiger partial charge on any atom is 0.397 e. The number of halogens is 3. The van der Waals surface area contributed by atoms with Gasteiger partial charge in [-0.15, -0.1) is 0 Å². The van der Waals surface area contributed by atoms with Crippen molar-refractivity contribution >= 4 is 22.5 Å². The number of carbonyl (C=O) groups excluding carboxylic acids is 1. The molecule has 4 aliphatic rings. The number of pyridine rings is 1. The van der Waals surface area contributed by atoms with Crippen molar-refractivity contribution in [3.63, 3.8) is 0 Å². The minimum absolute atomic E-state index is 0.00262. The third-order valence-electron chi connectivity index (χ3n) is 9.10. The molecule has 1 N–H and O–H groups in total. The number of nitrogens with one attached hydrogen (secondary N) is 1. The second-order valence-corrected chi connectivity index (χ2v) is 11.0. The van der Waals surface area contributed by atoms with E-state index in [1.807, 2.05) is 0 Å². The number of ether oxygens (including phenoxy) is 1. The van der Waals surface area contributed by atoms with E-state index in [1.54, 1.807) is 35.4 Å². The van der Waals surface area contributed by atoms with Gasteiger partial charge in [0.05, 0.1) is 29.7 Å². The molecule has 6 rings (SSSR count). The average molecular weight is 514 g/mol. The predicted molar refractivity (Wildman–Crippen MR) is 131 cm³/mol. The van der Waals surface area contributed by atoms with Gasteiger partial charge in [-0.25, -0.2) is 0 Å². The van der Waals surface area contributed by atoms with Crippen molar-refractivity contribution in [3.8, 4) is 6.07 Å². The summed E-state index contributed by atoms with van der Waals surface area (Å²) in [7, 11) is 0. The molecule has 7 nitrogen and oxygen atoms in total. The standard InChI is InChI=1S/C27H30F3N5O2/c28-27(29,30)26-15-25(26,24(36)33-19-4-6-20(7-5-19)34-10-12-37-13-11-34)16-35(17-26)22-8-3-18(14-31)23-21(22)2-1-9-32-23/h1-3,8-9,19-20H,4-7,10-13,15-17H2,(H,33,36)/t19-,20+,25-,26-/m0/s1. The number of morpholine rings is 1. The zero-order valence-corrected chi connectivity index (χ0v) is 20.6. The summed E-state index contributed by atoms with van der Waals surface area (Å²) in [4.78, 5) is 21.9. The summed E-state index contributed by atoms with van der Waals surface area (Å²) < 4.78 is 48.9. The lowest BCUT2D eigenvalue weighted by molar-refractivity contribution is -0.191. The minimum Gasteiger partial charge on any atom is -0.379 e. The molecule has 2 aliphatic heterocycles. The monoisotopic (exact) mass is 513 g/mol. The lowest BCUT2D eigenvalue weighted by atomic mass is 9.88. The Morgan fingerprint density at radius 1 is 1.14 bits per heavy atom. The van der Waals surface area contributed by atoms with Gasteiger partial charge < -0.3 is 15.0 Å². The SMILES string of the molecule is N#Cc1ccc(N2C[C@]3(C(=O)N[C@H]4CC[C@@H](N5CCOCC5)CC4)C[C@]3(C(F)(F)F)C2)c2cccnc12. The second kappa shape index (κ2) is 8.84. The van der Waals surface area contributed by atoms with Crippen LogP contribution >= 0.6 is 0 Å². The summed E-state index contributed by atoms with van der Waals surface area (Å²) in [5, 5.41) is 13.1. The fourth-order valence-electron chi connectivity index (χ4n) is 6.97. The first-order chi connectivity index (χ1) is 17.8. The van der Waals surface area contributed by atoms with Crippen LogP contribution in [-0.4, -0.2) is 73.4 Å². The molecule has 2 saturated heterocycles. The Hall–Kier alpha value is -2.90. The Bertz CT molecular complexity index is 1250. The number of aromatic nitrogens is 1. The molecule has 0 radical (unpaired) electrons. The van der Waals surface area contributed by atoms with E-state index in [0.29, 0.717) is 28.2 Å². The molecule has 1 amide bonds. The summed E-state index contributed by atoms with van der Waals surface area (Å²) in [6, 6.07) is 9.19. The number of alkyl halides is 3. The number of nitrogens with zero attached hydrogens (tertiary/aromatic N) is 4. The van der Waals surface area contributed by atoms with Crippen LogP contribution in [0, 0.1) is 22.2 Å². The topological polar surface area (TPSA) is 81.5 Å². The van der Waals surface area contributed by atoms with E-state index < -0.39 is 22.9 Å². The van der Waals surface area contributed by atoms with Crippen molar-refractivity contribution in [2.75, 3.05) is 44.3 Å². The number of benzene rings is 1. The highest BCUT2D eigenvalue weighted by Gasteiger charge is 2.86. The molecule has 0 bridgehead atoms. The van der Waals surface area contributed by atoms with Gasteiger partial charge in [-0.2, -0.15) is 18.4 Å². The summed E-state index contributed by atoms with van der Waals surface area (Å²) in [5.74, 6) is -0.474. The van der Waals surface area contributed by atoms with Crippen molar-refractivity contribution < 1.29 is 22.7 Å². The van der Waals surface area contributed by atoms with Crippen LogP contribution in [-0.2, 0) is 9.53 Å². The molecule has 196 valence electrons. The van der Waals surface area contributed by atoms with Gasteiger partial charge in [0.15, 0.2) is 0 Å². The van der Waals surface area contributed by atoms with E-state index in [4.69, 9.17) is 4.74 Å². The lowest BCUT2D eigenvalue weighted by Crippen LogP contribution is -2.49. The Morgan fingerprint density at radius 2 is 1.89 bits per heavy atom. The quantitative estimate of drug-likeness (QED) is 0.673. The summed E-state index contributed by atoms with van der Waals surface area (Å²) in [6.45, 7) is 3.02. The smallest absolute Gasteiger partial charge is 0.379 e. The van der Waals surface area contributed by atoms with Crippen LogP contribution in [0.5, 0.6) is 0 Å². The molecule has 37 heavy (non-hydrogen) atoms. The van der Waals surface area contributed by atoms with Crippen LogP contribution in [0.3, 0.4) is 0 Å². The first kappa shape index (κ1) is 24.4. The molecule has 2 aliphatic carbocycles. The van der Waals surface area contributed by atoms with Crippen LogP contribution in [0.2, 0.25) is 0 Å². The van der Waals surface area contributed by atoms with Gasteiger partial charge in [0.1, 0.15) is 11.5 Å². The molecule has 3 heterocycles. The Labute approximate surface area is 213 Å². The van der Waals surface area contributed by atoms with Crippen LogP contribution in [0.25, 0.3) is 10.9 Å². The molecular formula is C27H30F3N5O2. The highest BCUT2D eigenvalue weighted by molar-refractivity contribution is 5.97. The van der Waals surface area contributed by atoms with Crippen LogP contribution < -0.4 is 10.2 Å². The summed E-state index contributed by atoms with van der Waals surface area (Å²) in [6.07, 6.45) is 0.304.